The molecule has 0 spiro atoms. The molecule has 14 heavy (non-hydrogen) atoms. The number of hydrogen-bond donors (Lipinski definition) is 1. The lowest BCUT2D eigenvalue weighted by molar-refractivity contribution is 0.194. The molecule has 0 saturated heterocycles. The van der Waals surface area contributed by atoms with Crippen molar-refractivity contribution < 1.29 is 4.42 Å². The summed E-state index contributed by atoms with van der Waals surface area (Å²) >= 11 is 0. The van der Waals surface area contributed by atoms with Gasteiger partial charge in [-0.15, -0.1) is 0 Å². The Kier molecular flexibility index (Phi) is 3.72. The Balaban J connectivity index is 2.88. The van der Waals surface area contributed by atoms with Gasteiger partial charge in [0.25, 0.3) is 0 Å². The van der Waals surface area contributed by atoms with E-state index in [-0.39, 0.29) is 6.04 Å². The van der Waals surface area contributed by atoms with E-state index >= 15 is 0 Å². The number of furan rings is 1. The Labute approximate surface area is 85.9 Å². The van der Waals surface area contributed by atoms with Crippen LogP contribution in [0.25, 0.3) is 0 Å². The molecule has 2 N–H and O–H groups in total. The number of aryl methyl sites for hydroxylation is 1. The molecule has 0 aliphatic heterocycles. The fraction of sp³-hybridized carbons (Fsp3) is 0.636. The predicted octanol–water partition coefficient (Wildman–Crippen LogP) is 1.79. The summed E-state index contributed by atoms with van der Waals surface area (Å²) in [5.74, 6) is 2.36. The Bertz CT molecular complexity index is 281. The molecule has 0 amide bonds. The second kappa shape index (κ2) is 4.62. The highest BCUT2D eigenvalue weighted by atomic mass is 16.3. The van der Waals surface area contributed by atoms with Gasteiger partial charge in [0.1, 0.15) is 11.5 Å². The van der Waals surface area contributed by atoms with E-state index < -0.39 is 0 Å². The van der Waals surface area contributed by atoms with E-state index in [2.05, 4.69) is 25.9 Å². The van der Waals surface area contributed by atoms with Crippen LogP contribution in [0, 0.1) is 12.8 Å². The van der Waals surface area contributed by atoms with Gasteiger partial charge in [-0.1, -0.05) is 6.92 Å². The van der Waals surface area contributed by atoms with Crippen LogP contribution in [0.4, 0.5) is 0 Å². The Morgan fingerprint density at radius 3 is 2.43 bits per heavy atom. The fourth-order valence-corrected chi connectivity index (χ4v) is 1.79. The molecule has 1 rings (SSSR count). The Hall–Kier alpha value is -0.800. The fourth-order valence-electron chi connectivity index (χ4n) is 1.79. The van der Waals surface area contributed by atoms with Crippen LogP contribution in [-0.2, 0) is 0 Å². The van der Waals surface area contributed by atoms with Crippen molar-refractivity contribution in [1.29, 1.82) is 0 Å². The van der Waals surface area contributed by atoms with Gasteiger partial charge >= 0.3 is 0 Å². The van der Waals surface area contributed by atoms with Crippen LogP contribution in [0.15, 0.2) is 16.5 Å². The average molecular weight is 196 g/mol. The maximum atomic E-state index is 5.69. The Morgan fingerprint density at radius 1 is 1.43 bits per heavy atom. The minimum atomic E-state index is 0.272. The largest absolute Gasteiger partial charge is 0.465 e. The van der Waals surface area contributed by atoms with Crippen LogP contribution in [0.3, 0.4) is 0 Å². The third-order valence-corrected chi connectivity index (χ3v) is 2.52. The maximum Gasteiger partial charge on any atom is 0.121 e. The number of nitrogens with zero attached hydrogens (tertiary/aromatic N) is 1. The average Bonchev–Trinajstić information content (AvgIpc) is 2.51. The van der Waals surface area contributed by atoms with Crippen LogP contribution in [0.2, 0.25) is 0 Å². The maximum absolute atomic E-state index is 5.69. The molecule has 3 heteroatoms. The van der Waals surface area contributed by atoms with Crippen molar-refractivity contribution in [1.82, 2.24) is 4.90 Å². The summed E-state index contributed by atoms with van der Waals surface area (Å²) in [4.78, 5) is 2.15. The summed E-state index contributed by atoms with van der Waals surface area (Å²) in [5.41, 5.74) is 5.69. The zero-order valence-corrected chi connectivity index (χ0v) is 9.45. The first-order chi connectivity index (χ1) is 6.56. The quantitative estimate of drug-likeness (QED) is 0.798. The molecular weight excluding hydrogens is 176 g/mol. The molecule has 1 heterocycles. The molecule has 2 unspecified atom stereocenters. The zero-order chi connectivity index (χ0) is 10.7. The van der Waals surface area contributed by atoms with E-state index in [9.17, 15) is 0 Å². The van der Waals surface area contributed by atoms with Crippen molar-refractivity contribution in [3.05, 3.63) is 23.7 Å². The van der Waals surface area contributed by atoms with Crippen molar-refractivity contribution in [3.8, 4) is 0 Å². The van der Waals surface area contributed by atoms with Gasteiger partial charge in [-0.25, -0.2) is 0 Å². The lowest BCUT2D eigenvalue weighted by atomic mass is 9.99. The van der Waals surface area contributed by atoms with E-state index in [0.717, 1.165) is 11.5 Å². The monoisotopic (exact) mass is 196 g/mol. The highest BCUT2D eigenvalue weighted by Gasteiger charge is 2.23. The van der Waals surface area contributed by atoms with Gasteiger partial charge in [-0.05, 0) is 45.6 Å². The molecule has 0 saturated carbocycles. The number of nitrogens with two attached hydrogens (primary N) is 1. The van der Waals surface area contributed by atoms with E-state index in [0.29, 0.717) is 12.5 Å². The smallest absolute Gasteiger partial charge is 0.121 e. The minimum absolute atomic E-state index is 0.272. The molecule has 0 bridgehead atoms. The topological polar surface area (TPSA) is 42.4 Å². The first-order valence-electron chi connectivity index (χ1n) is 4.99. The van der Waals surface area contributed by atoms with Gasteiger partial charge in [0.2, 0.25) is 0 Å². The molecule has 0 aliphatic carbocycles. The lowest BCUT2D eigenvalue weighted by Crippen LogP contribution is -2.29. The molecule has 2 atom stereocenters. The zero-order valence-electron chi connectivity index (χ0n) is 9.45. The van der Waals surface area contributed by atoms with Gasteiger partial charge in [-0.3, -0.25) is 4.90 Å². The lowest BCUT2D eigenvalue weighted by Gasteiger charge is -2.27. The van der Waals surface area contributed by atoms with Gasteiger partial charge in [0.15, 0.2) is 0 Å². The summed E-state index contributed by atoms with van der Waals surface area (Å²) < 4.78 is 5.63. The van der Waals surface area contributed by atoms with Crippen LogP contribution >= 0.6 is 0 Å². The highest BCUT2D eigenvalue weighted by Crippen LogP contribution is 2.27. The first-order valence-corrected chi connectivity index (χ1v) is 4.99. The second-order valence-electron chi connectivity index (χ2n) is 4.07. The molecule has 3 nitrogen and oxygen atoms in total. The third-order valence-electron chi connectivity index (χ3n) is 2.52. The normalized spacial score (nSPS) is 15.9. The summed E-state index contributed by atoms with van der Waals surface area (Å²) in [6.07, 6.45) is 0. The van der Waals surface area contributed by atoms with Crippen molar-refractivity contribution in [2.45, 2.75) is 19.9 Å². The van der Waals surface area contributed by atoms with Gasteiger partial charge < -0.3 is 10.2 Å². The number of hydrogen-bond acceptors (Lipinski definition) is 3. The van der Waals surface area contributed by atoms with Crippen molar-refractivity contribution in [2.24, 2.45) is 11.7 Å². The first kappa shape index (κ1) is 11.3. The SMILES string of the molecule is Cc1ccc(C(C(C)CN)N(C)C)o1. The van der Waals surface area contributed by atoms with Crippen LogP contribution in [0.5, 0.6) is 0 Å². The van der Waals surface area contributed by atoms with E-state index in [1.54, 1.807) is 0 Å². The molecule has 0 fully saturated rings. The van der Waals surface area contributed by atoms with Gasteiger partial charge in [0, 0.05) is 0 Å². The van der Waals surface area contributed by atoms with Crippen molar-refractivity contribution in [3.63, 3.8) is 0 Å². The molecule has 1 aromatic rings. The van der Waals surface area contributed by atoms with E-state index in [4.69, 9.17) is 10.2 Å². The van der Waals surface area contributed by atoms with Crippen LogP contribution in [0.1, 0.15) is 24.5 Å². The third kappa shape index (κ3) is 2.36. The molecule has 0 aromatic carbocycles. The summed E-state index contributed by atoms with van der Waals surface area (Å²) in [7, 11) is 4.10. The van der Waals surface area contributed by atoms with Gasteiger partial charge in [0.05, 0.1) is 6.04 Å². The molecule has 80 valence electrons. The summed E-state index contributed by atoms with van der Waals surface area (Å²) in [6, 6.07) is 4.30. The minimum Gasteiger partial charge on any atom is -0.465 e. The summed E-state index contributed by atoms with van der Waals surface area (Å²) in [6.45, 7) is 4.77. The Morgan fingerprint density at radius 2 is 2.07 bits per heavy atom. The summed E-state index contributed by atoms with van der Waals surface area (Å²) in [5, 5.41) is 0. The van der Waals surface area contributed by atoms with Crippen molar-refractivity contribution in [2.75, 3.05) is 20.6 Å². The van der Waals surface area contributed by atoms with Crippen LogP contribution < -0.4 is 5.73 Å². The van der Waals surface area contributed by atoms with Crippen LogP contribution in [-0.4, -0.2) is 25.5 Å². The van der Waals surface area contributed by atoms with Crippen molar-refractivity contribution >= 4 is 0 Å². The predicted molar refractivity (Wildman–Crippen MR) is 58.1 cm³/mol. The highest BCUT2D eigenvalue weighted by molar-refractivity contribution is 5.10. The molecule has 0 aliphatic rings. The van der Waals surface area contributed by atoms with E-state index in [1.807, 2.05) is 19.1 Å². The molecule has 0 radical (unpaired) electrons. The number of rotatable bonds is 4. The second-order valence-corrected chi connectivity index (χ2v) is 4.07. The standard InChI is InChI=1S/C11H20N2O/c1-8(7-12)11(13(3)4)10-6-5-9(2)14-10/h5-6,8,11H,7,12H2,1-4H3. The van der Waals surface area contributed by atoms with E-state index in [1.165, 1.54) is 0 Å². The van der Waals surface area contributed by atoms with Gasteiger partial charge in [-0.2, -0.15) is 0 Å². The molecular formula is C11H20N2O. The molecule has 1 aromatic heterocycles.